The van der Waals surface area contributed by atoms with Crippen molar-refractivity contribution in [2.24, 2.45) is 0 Å². The van der Waals surface area contributed by atoms with E-state index in [0.29, 0.717) is 41.8 Å². The zero-order valence-corrected chi connectivity index (χ0v) is 20.0. The van der Waals surface area contributed by atoms with E-state index in [4.69, 9.17) is 32.7 Å². The second-order valence-corrected chi connectivity index (χ2v) is 9.30. The lowest BCUT2D eigenvalue weighted by Gasteiger charge is -2.27. The highest BCUT2D eigenvalue weighted by molar-refractivity contribution is 6.42. The quantitative estimate of drug-likeness (QED) is 0.454. The van der Waals surface area contributed by atoms with Crippen molar-refractivity contribution in [2.45, 2.75) is 38.0 Å². The van der Waals surface area contributed by atoms with E-state index < -0.39 is 5.60 Å². The zero-order chi connectivity index (χ0) is 23.1. The molecule has 3 aromatic rings. The predicted octanol–water partition coefficient (Wildman–Crippen LogP) is 5.06. The van der Waals surface area contributed by atoms with Gasteiger partial charge in [-0.25, -0.2) is 0 Å². The summed E-state index contributed by atoms with van der Waals surface area (Å²) >= 11 is 12.0. The monoisotopic (exact) mass is 489 g/mol. The molecule has 2 heterocycles. The lowest BCUT2D eigenvalue weighted by atomic mass is 9.96. The molecule has 6 nitrogen and oxygen atoms in total. The third-order valence-electron chi connectivity index (χ3n) is 5.86. The Kier molecular flexibility index (Phi) is 8.15. The van der Waals surface area contributed by atoms with Crippen LogP contribution in [0.2, 0.25) is 10.0 Å². The van der Waals surface area contributed by atoms with Crippen LogP contribution in [0, 0.1) is 0 Å². The number of rotatable bonds is 9. The fraction of sp³-hybridized carbons (Fsp3) is 0.400. The van der Waals surface area contributed by atoms with Gasteiger partial charge >= 0.3 is 0 Å². The van der Waals surface area contributed by atoms with E-state index in [1.54, 1.807) is 24.4 Å². The molecule has 8 heteroatoms. The third kappa shape index (κ3) is 7.11. The fourth-order valence-electron chi connectivity index (χ4n) is 4.00. The van der Waals surface area contributed by atoms with Crippen LogP contribution in [0.25, 0.3) is 0 Å². The molecule has 1 fully saturated rings. The maximum absolute atomic E-state index is 11.1. The summed E-state index contributed by atoms with van der Waals surface area (Å²) in [7, 11) is 0. The molecule has 176 valence electrons. The van der Waals surface area contributed by atoms with Gasteiger partial charge in [-0.3, -0.25) is 9.58 Å². The Morgan fingerprint density at radius 1 is 0.970 bits per heavy atom. The highest BCUT2D eigenvalue weighted by Gasteiger charge is 2.31. The van der Waals surface area contributed by atoms with Crippen molar-refractivity contribution in [1.29, 1.82) is 0 Å². The summed E-state index contributed by atoms with van der Waals surface area (Å²) in [4.78, 5) is 2.37. The summed E-state index contributed by atoms with van der Waals surface area (Å²) in [6.45, 7) is 4.07. The van der Waals surface area contributed by atoms with Gasteiger partial charge in [-0.2, -0.15) is 5.10 Å². The van der Waals surface area contributed by atoms with Crippen LogP contribution in [0.3, 0.4) is 0 Å². The molecule has 1 N–H and O–H groups in total. The topological polar surface area (TPSA) is 59.8 Å². The molecular weight excluding hydrogens is 461 g/mol. The highest BCUT2D eigenvalue weighted by Crippen LogP contribution is 2.29. The molecule has 0 bridgehead atoms. The number of nitrogens with zero attached hydrogens (tertiary/aromatic N) is 3. The van der Waals surface area contributed by atoms with Gasteiger partial charge in [-0.1, -0.05) is 35.3 Å². The number of likely N-dealkylation sites (tertiary alicyclic amines) is 1. The summed E-state index contributed by atoms with van der Waals surface area (Å²) in [5.74, 6) is 1.48. The van der Waals surface area contributed by atoms with Crippen LogP contribution in [0.5, 0.6) is 11.5 Å². The first-order chi connectivity index (χ1) is 16.0. The number of aromatic nitrogens is 2. The molecule has 2 aromatic carbocycles. The van der Waals surface area contributed by atoms with Crippen molar-refractivity contribution >= 4 is 23.2 Å². The number of hydrogen-bond acceptors (Lipinski definition) is 5. The molecule has 1 aliphatic rings. The summed E-state index contributed by atoms with van der Waals surface area (Å²) < 4.78 is 13.6. The Balaban J connectivity index is 1.26. The van der Waals surface area contributed by atoms with Gasteiger partial charge in [0.2, 0.25) is 0 Å². The van der Waals surface area contributed by atoms with Crippen molar-refractivity contribution in [3.8, 4) is 11.5 Å². The maximum atomic E-state index is 11.1. The average molecular weight is 490 g/mol. The molecule has 1 saturated heterocycles. The van der Waals surface area contributed by atoms with Gasteiger partial charge < -0.3 is 14.6 Å². The first-order valence-electron chi connectivity index (χ1n) is 11.2. The SMILES string of the molecule is OC1(COc2ccc(Cl)c(Cl)c2)CCCN(Cc2cccc(OCCn3cccn3)c2)CC1. The fourth-order valence-corrected chi connectivity index (χ4v) is 4.29. The van der Waals surface area contributed by atoms with Crippen LogP contribution >= 0.6 is 23.2 Å². The summed E-state index contributed by atoms with van der Waals surface area (Å²) in [6.07, 6.45) is 5.94. The van der Waals surface area contributed by atoms with Crippen LogP contribution in [0.4, 0.5) is 0 Å². The molecule has 0 spiro atoms. The minimum atomic E-state index is -0.863. The van der Waals surface area contributed by atoms with E-state index in [-0.39, 0.29) is 6.61 Å². The van der Waals surface area contributed by atoms with Gasteiger partial charge in [0.15, 0.2) is 0 Å². The van der Waals surface area contributed by atoms with Crippen molar-refractivity contribution in [1.82, 2.24) is 14.7 Å². The maximum Gasteiger partial charge on any atom is 0.121 e. The summed E-state index contributed by atoms with van der Waals surface area (Å²) in [5, 5.41) is 16.2. The third-order valence-corrected chi connectivity index (χ3v) is 6.60. The molecule has 0 radical (unpaired) electrons. The highest BCUT2D eigenvalue weighted by atomic mass is 35.5. The first-order valence-corrected chi connectivity index (χ1v) is 12.0. The number of hydrogen-bond donors (Lipinski definition) is 1. The molecule has 1 unspecified atom stereocenters. The normalized spacial score (nSPS) is 19.2. The van der Waals surface area contributed by atoms with Gasteiger partial charge in [-0.15, -0.1) is 0 Å². The smallest absolute Gasteiger partial charge is 0.121 e. The molecule has 4 rings (SSSR count). The average Bonchev–Trinajstić information content (AvgIpc) is 3.25. The Labute approximate surface area is 204 Å². The van der Waals surface area contributed by atoms with Crippen molar-refractivity contribution in [3.63, 3.8) is 0 Å². The Bertz CT molecular complexity index is 1030. The minimum Gasteiger partial charge on any atom is -0.492 e. The van der Waals surface area contributed by atoms with Crippen LogP contribution < -0.4 is 9.47 Å². The zero-order valence-electron chi connectivity index (χ0n) is 18.5. The van der Waals surface area contributed by atoms with E-state index in [1.165, 1.54) is 5.56 Å². The second-order valence-electron chi connectivity index (χ2n) is 8.48. The Morgan fingerprint density at radius 2 is 1.85 bits per heavy atom. The molecule has 1 atom stereocenters. The second kappa shape index (κ2) is 11.3. The molecule has 1 aromatic heterocycles. The standard InChI is InChI=1S/C25H29Cl2N3O3/c26-23-7-6-22(17-24(23)27)33-19-25(31)8-2-11-29(13-9-25)18-20-4-1-5-21(16-20)32-15-14-30-12-3-10-28-30/h1,3-7,10,12,16-17,31H,2,8-9,11,13-15,18-19H2. The van der Waals surface area contributed by atoms with Gasteiger partial charge in [0.25, 0.3) is 0 Å². The molecule has 0 aliphatic carbocycles. The molecule has 1 aliphatic heterocycles. The number of ether oxygens (including phenoxy) is 2. The van der Waals surface area contributed by atoms with Crippen molar-refractivity contribution in [2.75, 3.05) is 26.3 Å². The molecule has 0 saturated carbocycles. The minimum absolute atomic E-state index is 0.235. The van der Waals surface area contributed by atoms with Crippen molar-refractivity contribution in [3.05, 3.63) is 76.5 Å². The van der Waals surface area contributed by atoms with Crippen molar-refractivity contribution < 1.29 is 14.6 Å². The molecule has 0 amide bonds. The lowest BCUT2D eigenvalue weighted by Crippen LogP contribution is -2.37. The number of benzene rings is 2. The van der Waals surface area contributed by atoms with E-state index in [2.05, 4.69) is 22.1 Å². The predicted molar refractivity (Wildman–Crippen MR) is 130 cm³/mol. The van der Waals surface area contributed by atoms with E-state index >= 15 is 0 Å². The van der Waals surface area contributed by atoms with Gasteiger partial charge in [0.1, 0.15) is 24.7 Å². The Hall–Kier alpha value is -2.25. The molecular formula is C25H29Cl2N3O3. The van der Waals surface area contributed by atoms with Crippen LogP contribution in [0.1, 0.15) is 24.8 Å². The molecule has 33 heavy (non-hydrogen) atoms. The summed E-state index contributed by atoms with van der Waals surface area (Å²) in [6, 6.07) is 15.3. The van der Waals surface area contributed by atoms with Gasteiger partial charge in [0.05, 0.1) is 22.2 Å². The first kappa shape index (κ1) is 23.9. The van der Waals surface area contributed by atoms with Gasteiger partial charge in [0, 0.05) is 31.5 Å². The van der Waals surface area contributed by atoms with Gasteiger partial charge in [-0.05, 0) is 61.7 Å². The largest absolute Gasteiger partial charge is 0.492 e. The van der Waals surface area contributed by atoms with E-state index in [0.717, 1.165) is 31.8 Å². The van der Waals surface area contributed by atoms with E-state index in [9.17, 15) is 5.11 Å². The van der Waals surface area contributed by atoms with Crippen LogP contribution in [-0.4, -0.2) is 51.7 Å². The van der Waals surface area contributed by atoms with Crippen LogP contribution in [-0.2, 0) is 13.1 Å². The summed E-state index contributed by atoms with van der Waals surface area (Å²) in [5.41, 5.74) is 0.335. The van der Waals surface area contributed by atoms with Crippen LogP contribution in [0.15, 0.2) is 60.9 Å². The lowest BCUT2D eigenvalue weighted by molar-refractivity contribution is -0.0168. The number of halogens is 2. The number of aliphatic hydroxyl groups is 1. The van der Waals surface area contributed by atoms with E-state index in [1.807, 2.05) is 29.1 Å². The Morgan fingerprint density at radius 3 is 2.67 bits per heavy atom.